The summed E-state index contributed by atoms with van der Waals surface area (Å²) in [6, 6.07) is 18.0. The molecule has 2 amide bonds. The van der Waals surface area contributed by atoms with Gasteiger partial charge in [0.05, 0.1) is 23.0 Å². The molecule has 0 spiro atoms. The Hall–Kier alpha value is -3.86. The normalized spacial score (nSPS) is 20.8. The van der Waals surface area contributed by atoms with Crippen LogP contribution >= 0.6 is 24.0 Å². The third-order valence-electron chi connectivity index (χ3n) is 8.87. The summed E-state index contributed by atoms with van der Waals surface area (Å²) in [4.78, 5) is 35.1. The van der Waals surface area contributed by atoms with E-state index in [4.69, 9.17) is 16.6 Å². The van der Waals surface area contributed by atoms with Gasteiger partial charge in [0.2, 0.25) is 11.8 Å². The van der Waals surface area contributed by atoms with E-state index in [0.717, 1.165) is 47.2 Å². The van der Waals surface area contributed by atoms with Gasteiger partial charge in [0.1, 0.15) is 0 Å². The lowest BCUT2D eigenvalue weighted by Gasteiger charge is -2.39. The molecule has 3 aliphatic rings. The lowest BCUT2D eigenvalue weighted by Crippen LogP contribution is -2.52. The van der Waals surface area contributed by atoms with Gasteiger partial charge in [0.15, 0.2) is 11.5 Å². The van der Waals surface area contributed by atoms with Crippen LogP contribution in [0.4, 0.5) is 11.5 Å². The molecule has 3 atom stereocenters. The van der Waals surface area contributed by atoms with Crippen LogP contribution in [0.2, 0.25) is 5.02 Å². The predicted molar refractivity (Wildman–Crippen MR) is 176 cm³/mol. The van der Waals surface area contributed by atoms with E-state index >= 15 is 0 Å². The number of fused-ring (bicyclic) bond motifs is 1. The van der Waals surface area contributed by atoms with Gasteiger partial charge in [0, 0.05) is 62.0 Å². The molecule has 44 heavy (non-hydrogen) atoms. The second-order valence-corrected chi connectivity index (χ2v) is 12.0. The summed E-state index contributed by atoms with van der Waals surface area (Å²) in [6.07, 6.45) is 4.35. The quantitative estimate of drug-likeness (QED) is 0.241. The largest absolute Gasteiger partial charge is 0.367 e. The highest BCUT2D eigenvalue weighted by Gasteiger charge is 2.36. The number of anilines is 2. The van der Waals surface area contributed by atoms with Gasteiger partial charge in [-0.05, 0) is 42.6 Å². The van der Waals surface area contributed by atoms with Crippen molar-refractivity contribution < 1.29 is 9.59 Å². The van der Waals surface area contributed by atoms with Crippen molar-refractivity contribution in [2.24, 2.45) is 0 Å². The average Bonchev–Trinajstić information content (AvgIpc) is 3.81. The molecular formula is C32H36Cl2N8O2. The van der Waals surface area contributed by atoms with Gasteiger partial charge >= 0.3 is 0 Å². The van der Waals surface area contributed by atoms with Crippen molar-refractivity contribution in [1.29, 1.82) is 0 Å². The first-order valence-corrected chi connectivity index (χ1v) is 15.4. The molecule has 0 bridgehead atoms. The maximum absolute atomic E-state index is 14.1. The number of rotatable bonds is 7. The van der Waals surface area contributed by atoms with E-state index in [1.54, 1.807) is 0 Å². The molecule has 4 N–H and O–H groups in total. The Morgan fingerprint density at radius 1 is 1.05 bits per heavy atom. The van der Waals surface area contributed by atoms with Crippen molar-refractivity contribution >= 4 is 58.4 Å². The SMILES string of the molecule is Cl.O=C1CC(Nc2n[nH]c3ncc(-c4ccccc4)c(N4CCN(C(=O)[C@@H](c5ccc(Cl)cc5)[C@@H]5CCCN5)CC4)c23)CN1. The number of amides is 2. The fraction of sp³-hybridized carbons (Fsp3) is 0.375. The van der Waals surface area contributed by atoms with E-state index in [1.807, 2.05) is 53.6 Å². The number of nitrogens with one attached hydrogen (secondary N) is 4. The minimum atomic E-state index is -0.244. The minimum absolute atomic E-state index is 0. The number of carbonyl (C=O) groups excluding carboxylic acids is 2. The van der Waals surface area contributed by atoms with E-state index < -0.39 is 0 Å². The number of aromatic amines is 1. The smallest absolute Gasteiger partial charge is 0.231 e. The van der Waals surface area contributed by atoms with Gasteiger partial charge in [-0.25, -0.2) is 4.98 Å². The highest BCUT2D eigenvalue weighted by atomic mass is 35.5. The molecule has 0 aliphatic carbocycles. The molecule has 3 saturated heterocycles. The minimum Gasteiger partial charge on any atom is -0.367 e. The second kappa shape index (κ2) is 13.0. The van der Waals surface area contributed by atoms with E-state index in [2.05, 4.69) is 43.2 Å². The number of H-pyrrole nitrogens is 1. The zero-order valence-corrected chi connectivity index (χ0v) is 25.8. The summed E-state index contributed by atoms with van der Waals surface area (Å²) in [5, 5.41) is 19.2. The number of carbonyl (C=O) groups is 2. The Bertz CT molecular complexity index is 1620. The molecule has 1 unspecified atom stereocenters. The molecule has 3 fully saturated rings. The maximum atomic E-state index is 14.1. The molecule has 0 radical (unpaired) electrons. The number of halogens is 2. The summed E-state index contributed by atoms with van der Waals surface area (Å²) in [5.41, 5.74) is 4.79. The molecule has 2 aromatic carbocycles. The number of aromatic nitrogens is 3. The van der Waals surface area contributed by atoms with Crippen LogP contribution in [0.1, 0.15) is 30.7 Å². The summed E-state index contributed by atoms with van der Waals surface area (Å²) in [5.74, 6) is 0.636. The highest BCUT2D eigenvalue weighted by Crippen LogP contribution is 2.40. The number of piperazine rings is 1. The Kier molecular flexibility index (Phi) is 8.93. The second-order valence-electron chi connectivity index (χ2n) is 11.6. The lowest BCUT2D eigenvalue weighted by molar-refractivity contribution is -0.133. The Morgan fingerprint density at radius 2 is 1.82 bits per heavy atom. The highest BCUT2D eigenvalue weighted by molar-refractivity contribution is 6.30. The fourth-order valence-corrected chi connectivity index (χ4v) is 6.82. The van der Waals surface area contributed by atoms with Crippen LogP contribution in [0.3, 0.4) is 0 Å². The van der Waals surface area contributed by atoms with Gasteiger partial charge in [-0.15, -0.1) is 12.4 Å². The van der Waals surface area contributed by atoms with Crippen molar-refractivity contribution in [3.05, 3.63) is 71.4 Å². The van der Waals surface area contributed by atoms with Crippen LogP contribution in [0.5, 0.6) is 0 Å². The average molecular weight is 636 g/mol. The molecule has 5 heterocycles. The van der Waals surface area contributed by atoms with E-state index in [-0.39, 0.29) is 42.2 Å². The summed E-state index contributed by atoms with van der Waals surface area (Å²) >= 11 is 6.18. The lowest BCUT2D eigenvalue weighted by atomic mass is 9.89. The number of nitrogens with zero attached hydrogens (tertiary/aromatic N) is 4. The van der Waals surface area contributed by atoms with E-state index in [0.29, 0.717) is 55.6 Å². The molecule has 10 nitrogen and oxygen atoms in total. The van der Waals surface area contributed by atoms with Gasteiger partial charge in [-0.3, -0.25) is 14.7 Å². The molecule has 4 aromatic rings. The van der Waals surface area contributed by atoms with E-state index in [1.165, 1.54) is 0 Å². The third-order valence-corrected chi connectivity index (χ3v) is 9.12. The fourth-order valence-electron chi connectivity index (χ4n) is 6.70. The van der Waals surface area contributed by atoms with Crippen LogP contribution in [0.25, 0.3) is 22.2 Å². The Morgan fingerprint density at radius 3 is 2.50 bits per heavy atom. The van der Waals surface area contributed by atoms with Crippen molar-refractivity contribution in [3.63, 3.8) is 0 Å². The topological polar surface area (TPSA) is 118 Å². The van der Waals surface area contributed by atoms with E-state index in [9.17, 15) is 9.59 Å². The van der Waals surface area contributed by atoms with Gasteiger partial charge < -0.3 is 25.8 Å². The zero-order valence-electron chi connectivity index (χ0n) is 24.3. The number of hydrogen-bond donors (Lipinski definition) is 4. The number of hydrogen-bond acceptors (Lipinski definition) is 7. The molecule has 3 aliphatic heterocycles. The molecule has 7 rings (SSSR count). The first kappa shape index (κ1) is 30.2. The number of benzene rings is 2. The summed E-state index contributed by atoms with van der Waals surface area (Å²) in [7, 11) is 0. The van der Waals surface area contributed by atoms with Crippen LogP contribution < -0.4 is 20.9 Å². The van der Waals surface area contributed by atoms with Crippen LogP contribution in [0.15, 0.2) is 60.8 Å². The van der Waals surface area contributed by atoms with Crippen molar-refractivity contribution in [3.8, 4) is 11.1 Å². The zero-order chi connectivity index (χ0) is 29.3. The standard InChI is InChI=1S/C32H35ClN8O2.ClH/c33-22-10-8-21(9-11-22)27(25-7-4-12-34-25)32(43)41-15-13-40(14-16-41)29-24(20-5-2-1-3-6-20)19-36-30-28(29)31(39-38-30)37-23-17-26(42)35-18-23;/h1-3,5-6,8-11,19,23,25,27,34H,4,7,12-18H2,(H,35,42)(H2,36,37,38,39);1H/t23?,25-,27-;/m0./s1. The predicted octanol–water partition coefficient (Wildman–Crippen LogP) is 4.18. The number of pyridine rings is 1. The summed E-state index contributed by atoms with van der Waals surface area (Å²) in [6.45, 7) is 4.04. The Balaban J connectivity index is 0.00000343. The van der Waals surface area contributed by atoms with Gasteiger partial charge in [-0.2, -0.15) is 5.10 Å². The van der Waals surface area contributed by atoms with Crippen molar-refractivity contribution in [2.45, 2.75) is 37.3 Å². The molecule has 0 saturated carbocycles. The first-order valence-electron chi connectivity index (χ1n) is 15.0. The van der Waals surface area contributed by atoms with Crippen LogP contribution in [-0.2, 0) is 9.59 Å². The molecule has 230 valence electrons. The molecular weight excluding hydrogens is 599 g/mol. The molecule has 12 heteroatoms. The van der Waals surface area contributed by atoms with Crippen molar-refractivity contribution in [2.75, 3.05) is 49.5 Å². The maximum Gasteiger partial charge on any atom is 0.231 e. The van der Waals surface area contributed by atoms with Gasteiger partial charge in [0.25, 0.3) is 0 Å². The Labute approximate surface area is 267 Å². The van der Waals surface area contributed by atoms with Crippen molar-refractivity contribution in [1.82, 2.24) is 30.7 Å². The monoisotopic (exact) mass is 634 g/mol. The first-order chi connectivity index (χ1) is 21.0. The molecule has 2 aromatic heterocycles. The van der Waals surface area contributed by atoms with Gasteiger partial charge in [-0.1, -0.05) is 54.1 Å². The summed E-state index contributed by atoms with van der Waals surface area (Å²) < 4.78 is 0. The van der Waals surface area contributed by atoms with Crippen LogP contribution in [0, 0.1) is 0 Å². The third kappa shape index (κ3) is 5.94. The van der Waals surface area contributed by atoms with Crippen LogP contribution in [-0.4, -0.2) is 83.2 Å².